The van der Waals surface area contributed by atoms with Crippen molar-refractivity contribution in [1.29, 1.82) is 0 Å². The van der Waals surface area contributed by atoms with Gasteiger partial charge in [-0.3, -0.25) is 0 Å². The van der Waals surface area contributed by atoms with Crippen molar-refractivity contribution in [1.82, 2.24) is 0 Å². The van der Waals surface area contributed by atoms with E-state index in [0.717, 1.165) is 51.4 Å². The standard InChI is InChI=1S/C24H38N2O5/c1-4-31-21(27)20(26-25)24(29)12-9-19-18-6-5-15-13-23(28,14-30-3)11-8-16(15)17(18)7-10-22(19,24)2/h15-19,28-29H,4-14H2,1-3H3/t15-,16-,17+,18+,19-,22-,23+,24?/m0/s1. The predicted octanol–water partition coefficient (Wildman–Crippen LogP) is 2.98. The SMILES string of the molecule is CCOC(=O)C(=[N+]=[N-])C1(O)CC[C@H]2[C@@H]3CC[C@H]4C[C@@](O)(COC)CC[C@@H]4[C@H]3CC[C@@]21C. The maximum absolute atomic E-state index is 12.5. The fraction of sp³-hybridized carbons (Fsp3) is 0.917. The Bertz CT molecular complexity index is 767. The summed E-state index contributed by atoms with van der Waals surface area (Å²) in [5.41, 5.74) is 6.76. The minimum absolute atomic E-state index is 0.178. The lowest BCUT2D eigenvalue weighted by molar-refractivity contribution is -0.155. The van der Waals surface area contributed by atoms with Crippen LogP contribution in [0, 0.1) is 35.0 Å². The maximum Gasteiger partial charge on any atom is 0.420 e. The van der Waals surface area contributed by atoms with E-state index < -0.39 is 22.6 Å². The summed E-state index contributed by atoms with van der Waals surface area (Å²) in [5, 5.41) is 22.6. The second-order valence-electron chi connectivity index (χ2n) is 10.9. The lowest BCUT2D eigenvalue weighted by atomic mass is 9.48. The molecule has 0 saturated heterocycles. The summed E-state index contributed by atoms with van der Waals surface area (Å²) in [6.45, 7) is 4.37. The smallest absolute Gasteiger partial charge is 0.420 e. The van der Waals surface area contributed by atoms with E-state index in [1.165, 1.54) is 0 Å². The van der Waals surface area contributed by atoms with Crippen molar-refractivity contribution < 1.29 is 29.3 Å². The molecule has 4 fully saturated rings. The molecule has 7 heteroatoms. The number of rotatable bonds is 5. The van der Waals surface area contributed by atoms with Gasteiger partial charge in [-0.2, -0.15) is 4.79 Å². The molecule has 2 N–H and O–H groups in total. The number of methoxy groups -OCH3 is 1. The van der Waals surface area contributed by atoms with Crippen molar-refractivity contribution in [3.05, 3.63) is 5.53 Å². The Hall–Kier alpha value is -1.27. The summed E-state index contributed by atoms with van der Waals surface area (Å²) in [5.74, 6) is 1.83. The molecule has 0 bridgehead atoms. The van der Waals surface area contributed by atoms with Crippen LogP contribution in [0.2, 0.25) is 0 Å². The molecule has 8 atom stereocenters. The van der Waals surface area contributed by atoms with E-state index in [2.05, 4.69) is 11.7 Å². The first-order valence-corrected chi connectivity index (χ1v) is 12.1. The number of carbonyl (C=O) groups excluding carboxylic acids is 1. The molecule has 31 heavy (non-hydrogen) atoms. The average molecular weight is 435 g/mol. The molecular weight excluding hydrogens is 396 g/mol. The van der Waals surface area contributed by atoms with Crippen LogP contribution in [-0.2, 0) is 14.3 Å². The van der Waals surface area contributed by atoms with Crippen LogP contribution < -0.4 is 0 Å². The van der Waals surface area contributed by atoms with Gasteiger partial charge in [0.2, 0.25) is 0 Å². The van der Waals surface area contributed by atoms with Gasteiger partial charge in [-0.1, -0.05) is 6.92 Å². The van der Waals surface area contributed by atoms with E-state index >= 15 is 0 Å². The summed E-state index contributed by atoms with van der Waals surface area (Å²) in [7, 11) is 1.66. The van der Waals surface area contributed by atoms with E-state index in [-0.39, 0.29) is 12.3 Å². The van der Waals surface area contributed by atoms with Gasteiger partial charge in [-0.05, 0) is 94.3 Å². The highest BCUT2D eigenvalue weighted by molar-refractivity contribution is 6.37. The highest BCUT2D eigenvalue weighted by Crippen LogP contribution is 2.65. The third-order valence-corrected chi connectivity index (χ3v) is 9.63. The summed E-state index contributed by atoms with van der Waals surface area (Å²) >= 11 is 0. The van der Waals surface area contributed by atoms with Crippen LogP contribution in [0.15, 0.2) is 0 Å². The Morgan fingerprint density at radius 1 is 1.06 bits per heavy atom. The zero-order valence-corrected chi connectivity index (χ0v) is 19.2. The van der Waals surface area contributed by atoms with Gasteiger partial charge in [0.25, 0.3) is 0 Å². The summed E-state index contributed by atoms with van der Waals surface area (Å²) in [6.07, 6.45) is 7.91. The topological polar surface area (TPSA) is 112 Å². The number of hydrogen-bond donors (Lipinski definition) is 2. The van der Waals surface area contributed by atoms with Gasteiger partial charge < -0.3 is 25.2 Å². The lowest BCUT2D eigenvalue weighted by Gasteiger charge is -2.57. The highest BCUT2D eigenvalue weighted by Gasteiger charge is 2.69. The largest absolute Gasteiger partial charge is 0.457 e. The van der Waals surface area contributed by atoms with Gasteiger partial charge >= 0.3 is 11.7 Å². The molecule has 7 nitrogen and oxygen atoms in total. The van der Waals surface area contributed by atoms with Gasteiger partial charge in [-0.25, -0.2) is 4.79 Å². The number of aliphatic hydroxyl groups is 2. The zero-order valence-electron chi connectivity index (χ0n) is 19.2. The molecule has 0 aromatic heterocycles. The molecule has 4 aliphatic rings. The first-order chi connectivity index (χ1) is 14.7. The summed E-state index contributed by atoms with van der Waals surface area (Å²) < 4.78 is 10.4. The van der Waals surface area contributed by atoms with Crippen LogP contribution in [0.3, 0.4) is 0 Å². The number of ether oxygens (including phenoxy) is 2. The first kappa shape index (κ1) is 22.9. The Morgan fingerprint density at radius 2 is 1.81 bits per heavy atom. The average Bonchev–Trinajstić information content (AvgIpc) is 3.00. The molecule has 0 aromatic rings. The van der Waals surface area contributed by atoms with E-state index in [4.69, 9.17) is 9.47 Å². The van der Waals surface area contributed by atoms with Crippen LogP contribution in [0.1, 0.15) is 71.6 Å². The van der Waals surface area contributed by atoms with Crippen LogP contribution in [0.25, 0.3) is 5.53 Å². The van der Waals surface area contributed by atoms with Gasteiger partial charge in [-0.15, -0.1) is 0 Å². The summed E-state index contributed by atoms with van der Waals surface area (Å²) in [6, 6.07) is 0. The van der Waals surface area contributed by atoms with Crippen LogP contribution in [-0.4, -0.2) is 58.2 Å². The molecule has 0 aromatic carbocycles. The summed E-state index contributed by atoms with van der Waals surface area (Å²) in [4.78, 5) is 15.7. The molecule has 0 aliphatic heterocycles. The van der Waals surface area contributed by atoms with Crippen LogP contribution in [0.4, 0.5) is 0 Å². The van der Waals surface area contributed by atoms with Crippen LogP contribution in [0.5, 0.6) is 0 Å². The molecule has 1 unspecified atom stereocenters. The minimum Gasteiger partial charge on any atom is -0.457 e. The van der Waals surface area contributed by atoms with E-state index in [9.17, 15) is 20.5 Å². The zero-order chi connectivity index (χ0) is 22.4. The van der Waals surface area contributed by atoms with Gasteiger partial charge in [0.1, 0.15) is 0 Å². The maximum atomic E-state index is 12.5. The third-order valence-electron chi connectivity index (χ3n) is 9.63. The number of nitrogens with zero attached hydrogens (tertiary/aromatic N) is 2. The second-order valence-corrected chi connectivity index (χ2v) is 10.9. The fourth-order valence-electron chi connectivity index (χ4n) is 8.26. The minimum atomic E-state index is -1.45. The second kappa shape index (κ2) is 8.26. The number of esters is 1. The molecule has 0 radical (unpaired) electrons. The van der Waals surface area contributed by atoms with Gasteiger partial charge in [0.05, 0.1) is 18.8 Å². The fourth-order valence-corrected chi connectivity index (χ4v) is 8.26. The van der Waals surface area contributed by atoms with Gasteiger partial charge in [0, 0.05) is 12.5 Å². The molecule has 0 amide bonds. The molecule has 174 valence electrons. The van der Waals surface area contributed by atoms with E-state index in [1.54, 1.807) is 14.0 Å². The number of hydrogen-bond acceptors (Lipinski definition) is 5. The Balaban J connectivity index is 1.55. The third kappa shape index (κ3) is 3.49. The first-order valence-electron chi connectivity index (χ1n) is 12.1. The molecule has 0 spiro atoms. The normalized spacial score (nSPS) is 46.3. The Morgan fingerprint density at radius 3 is 2.48 bits per heavy atom. The van der Waals surface area contributed by atoms with Crippen LogP contribution >= 0.6 is 0 Å². The Kier molecular flexibility index (Phi) is 6.10. The van der Waals surface area contributed by atoms with Crippen molar-refractivity contribution in [3.8, 4) is 0 Å². The highest BCUT2D eigenvalue weighted by atomic mass is 16.5. The van der Waals surface area contributed by atoms with E-state index in [0.29, 0.717) is 42.6 Å². The van der Waals surface area contributed by atoms with Gasteiger partial charge in [0.15, 0.2) is 5.60 Å². The molecule has 4 aliphatic carbocycles. The molecular formula is C24H38N2O5. The molecule has 0 heterocycles. The van der Waals surface area contributed by atoms with Crippen molar-refractivity contribution in [3.63, 3.8) is 0 Å². The van der Waals surface area contributed by atoms with Crippen molar-refractivity contribution in [2.75, 3.05) is 20.3 Å². The number of fused-ring (bicyclic) bond motifs is 5. The van der Waals surface area contributed by atoms with Crippen molar-refractivity contribution in [2.24, 2.45) is 35.0 Å². The van der Waals surface area contributed by atoms with E-state index in [1.807, 2.05) is 0 Å². The quantitative estimate of drug-likeness (QED) is 0.299. The molecule has 4 rings (SSSR count). The Labute approximate surface area is 185 Å². The van der Waals surface area contributed by atoms with Crippen molar-refractivity contribution in [2.45, 2.75) is 82.8 Å². The predicted molar refractivity (Wildman–Crippen MR) is 114 cm³/mol. The van der Waals surface area contributed by atoms with Crippen molar-refractivity contribution >= 4 is 11.7 Å². The monoisotopic (exact) mass is 434 g/mol. The lowest BCUT2D eigenvalue weighted by Crippen LogP contribution is -2.59. The molecule has 4 saturated carbocycles. The number of carbonyl (C=O) groups is 1.